The van der Waals surface area contributed by atoms with Crippen LogP contribution in [0.15, 0.2) is 60.9 Å². The van der Waals surface area contributed by atoms with Gasteiger partial charge in [-0.2, -0.15) is 23.4 Å². The molecule has 0 aliphatic heterocycles. The van der Waals surface area contributed by atoms with Crippen molar-refractivity contribution in [3.63, 3.8) is 0 Å². The summed E-state index contributed by atoms with van der Waals surface area (Å²) in [6, 6.07) is 12.2. The molecule has 0 saturated carbocycles. The van der Waals surface area contributed by atoms with Gasteiger partial charge in [0, 0.05) is 18.1 Å². The molecule has 0 bridgehead atoms. The van der Waals surface area contributed by atoms with Gasteiger partial charge >= 0.3 is 18.2 Å². The van der Waals surface area contributed by atoms with Crippen molar-refractivity contribution in [3.05, 3.63) is 77.9 Å². The minimum absolute atomic E-state index is 0.148. The Balaban J connectivity index is 1.96. The monoisotopic (exact) mass is 471 g/mol. The number of hydrazine groups is 1. The van der Waals surface area contributed by atoms with Gasteiger partial charge in [-0.15, -0.1) is 0 Å². The average Bonchev–Trinajstić information content (AvgIpc) is 3.25. The number of ether oxygens (including phenoxy) is 1. The van der Waals surface area contributed by atoms with Crippen LogP contribution in [0.1, 0.15) is 42.5 Å². The van der Waals surface area contributed by atoms with E-state index in [9.17, 15) is 22.8 Å². The SMILES string of the molecule is CC(C)(C)OC(=O)N(NC(=O)c1nccn1-c1ccc(C#N)cc1)c1cccc(C(F)(F)F)c1. The van der Waals surface area contributed by atoms with Crippen LogP contribution in [0.5, 0.6) is 0 Å². The fraction of sp³-hybridized carbons (Fsp3) is 0.217. The lowest BCUT2D eigenvalue weighted by atomic mass is 10.2. The Labute approximate surface area is 193 Å². The number of alkyl halides is 3. The summed E-state index contributed by atoms with van der Waals surface area (Å²) in [6.07, 6.45) is -2.92. The largest absolute Gasteiger partial charge is 0.442 e. The molecule has 0 aliphatic rings. The lowest BCUT2D eigenvalue weighted by Gasteiger charge is -2.28. The number of nitrogens with one attached hydrogen (secondary N) is 1. The molecule has 2 aromatic carbocycles. The van der Waals surface area contributed by atoms with Gasteiger partial charge in [0.05, 0.1) is 22.9 Å². The minimum Gasteiger partial charge on any atom is -0.442 e. The van der Waals surface area contributed by atoms with E-state index in [1.165, 1.54) is 23.0 Å². The molecule has 1 heterocycles. The number of benzene rings is 2. The van der Waals surface area contributed by atoms with E-state index in [0.29, 0.717) is 16.3 Å². The molecule has 0 spiro atoms. The van der Waals surface area contributed by atoms with Crippen molar-refractivity contribution >= 4 is 17.7 Å². The molecule has 176 valence electrons. The highest BCUT2D eigenvalue weighted by Gasteiger charge is 2.33. The van der Waals surface area contributed by atoms with Gasteiger partial charge < -0.3 is 4.74 Å². The number of aromatic nitrogens is 2. The van der Waals surface area contributed by atoms with Gasteiger partial charge in [-0.25, -0.2) is 9.78 Å². The van der Waals surface area contributed by atoms with Crippen LogP contribution < -0.4 is 10.4 Å². The van der Waals surface area contributed by atoms with E-state index in [0.717, 1.165) is 18.2 Å². The Kier molecular flexibility index (Phi) is 6.63. The van der Waals surface area contributed by atoms with E-state index in [1.54, 1.807) is 45.0 Å². The van der Waals surface area contributed by atoms with Gasteiger partial charge in [-0.05, 0) is 63.2 Å². The van der Waals surface area contributed by atoms with Gasteiger partial charge in [0.1, 0.15) is 5.60 Å². The number of imidazole rings is 1. The number of hydrogen-bond acceptors (Lipinski definition) is 5. The summed E-state index contributed by atoms with van der Waals surface area (Å²) in [6.45, 7) is 4.73. The molecule has 0 radical (unpaired) electrons. The van der Waals surface area contributed by atoms with Crippen LogP contribution in [0, 0.1) is 11.3 Å². The predicted octanol–water partition coefficient (Wildman–Crippen LogP) is 4.85. The molecule has 11 heteroatoms. The first-order valence-corrected chi connectivity index (χ1v) is 9.94. The Morgan fingerprint density at radius 1 is 1.12 bits per heavy atom. The van der Waals surface area contributed by atoms with Crippen LogP contribution in [0.2, 0.25) is 0 Å². The molecule has 34 heavy (non-hydrogen) atoms. The maximum atomic E-state index is 13.2. The third-order valence-electron chi connectivity index (χ3n) is 4.34. The first kappa shape index (κ1) is 24.3. The molecule has 8 nitrogen and oxygen atoms in total. The van der Waals surface area contributed by atoms with Gasteiger partial charge in [0.2, 0.25) is 5.82 Å². The summed E-state index contributed by atoms with van der Waals surface area (Å²) in [4.78, 5) is 29.8. The van der Waals surface area contributed by atoms with Gasteiger partial charge in [0.25, 0.3) is 0 Å². The number of carbonyl (C=O) groups is 2. The molecule has 0 unspecified atom stereocenters. The highest BCUT2D eigenvalue weighted by molar-refractivity contribution is 5.98. The van der Waals surface area contributed by atoms with E-state index >= 15 is 0 Å². The number of amides is 2. The van der Waals surface area contributed by atoms with E-state index in [1.807, 2.05) is 6.07 Å². The van der Waals surface area contributed by atoms with Crippen molar-refractivity contribution in [3.8, 4) is 11.8 Å². The van der Waals surface area contributed by atoms with Crippen molar-refractivity contribution in [2.75, 3.05) is 5.01 Å². The summed E-state index contributed by atoms with van der Waals surface area (Å²) >= 11 is 0. The molecule has 0 fully saturated rings. The molecular weight excluding hydrogens is 451 g/mol. The fourth-order valence-electron chi connectivity index (χ4n) is 2.87. The zero-order valence-electron chi connectivity index (χ0n) is 18.4. The maximum absolute atomic E-state index is 13.2. The highest BCUT2D eigenvalue weighted by Crippen LogP contribution is 2.31. The topological polar surface area (TPSA) is 100 Å². The van der Waals surface area contributed by atoms with Crippen molar-refractivity contribution < 1.29 is 27.5 Å². The third-order valence-corrected chi connectivity index (χ3v) is 4.34. The van der Waals surface area contributed by atoms with E-state index in [4.69, 9.17) is 10.00 Å². The second-order valence-corrected chi connectivity index (χ2v) is 8.08. The second kappa shape index (κ2) is 9.27. The van der Waals surface area contributed by atoms with Crippen molar-refractivity contribution in [2.24, 2.45) is 0 Å². The number of halogens is 3. The van der Waals surface area contributed by atoms with E-state index in [-0.39, 0.29) is 11.5 Å². The molecule has 2 amide bonds. The smallest absolute Gasteiger partial charge is 0.434 e. The van der Waals surface area contributed by atoms with Crippen LogP contribution in [-0.2, 0) is 10.9 Å². The Hall–Kier alpha value is -4.33. The van der Waals surface area contributed by atoms with Crippen LogP contribution in [0.25, 0.3) is 5.69 Å². The molecule has 1 N–H and O–H groups in total. The lowest BCUT2D eigenvalue weighted by Crippen LogP contribution is -2.49. The third kappa shape index (κ3) is 5.72. The summed E-state index contributed by atoms with van der Waals surface area (Å²) in [5.41, 5.74) is 0.956. The molecule has 0 aliphatic carbocycles. The molecule has 1 aromatic heterocycles. The zero-order chi connectivity index (χ0) is 25.1. The number of anilines is 1. The van der Waals surface area contributed by atoms with Crippen LogP contribution in [0.3, 0.4) is 0 Å². The molecule has 3 aromatic rings. The summed E-state index contributed by atoms with van der Waals surface area (Å²) in [5, 5.41) is 9.56. The van der Waals surface area contributed by atoms with Crippen LogP contribution >= 0.6 is 0 Å². The van der Waals surface area contributed by atoms with Gasteiger partial charge in [-0.3, -0.25) is 14.8 Å². The number of hydrogen-bond donors (Lipinski definition) is 1. The highest BCUT2D eigenvalue weighted by atomic mass is 19.4. The standard InChI is InChI=1S/C23H20F3N5O3/c1-22(2,3)34-21(33)31(18-6-4-5-16(13-18)23(24,25)26)29-20(32)19-28-11-12-30(19)17-9-7-15(14-27)8-10-17/h4-13H,1-3H3,(H,29,32). The fourth-order valence-corrected chi connectivity index (χ4v) is 2.87. The molecule has 3 rings (SSSR count). The number of carbonyl (C=O) groups excluding carboxylic acids is 2. The molecule has 0 atom stereocenters. The van der Waals surface area contributed by atoms with E-state index < -0.39 is 29.3 Å². The second-order valence-electron chi connectivity index (χ2n) is 8.08. The van der Waals surface area contributed by atoms with Gasteiger partial charge in [-0.1, -0.05) is 6.07 Å². The van der Waals surface area contributed by atoms with E-state index in [2.05, 4.69) is 10.4 Å². The number of rotatable bonds is 3. The first-order valence-electron chi connectivity index (χ1n) is 9.94. The van der Waals surface area contributed by atoms with Crippen molar-refractivity contribution in [1.29, 1.82) is 5.26 Å². The summed E-state index contributed by atoms with van der Waals surface area (Å²) in [5.74, 6) is -1.03. The first-order chi connectivity index (χ1) is 15.9. The van der Waals surface area contributed by atoms with Crippen LogP contribution in [-0.4, -0.2) is 27.2 Å². The zero-order valence-corrected chi connectivity index (χ0v) is 18.4. The van der Waals surface area contributed by atoms with Crippen molar-refractivity contribution in [1.82, 2.24) is 15.0 Å². The molecule has 0 saturated heterocycles. The Morgan fingerprint density at radius 3 is 2.38 bits per heavy atom. The molecular formula is C23H20F3N5O3. The van der Waals surface area contributed by atoms with Gasteiger partial charge in [0.15, 0.2) is 0 Å². The summed E-state index contributed by atoms with van der Waals surface area (Å²) < 4.78 is 46.4. The number of nitriles is 1. The number of nitrogens with zero attached hydrogens (tertiary/aromatic N) is 4. The maximum Gasteiger partial charge on any atom is 0.434 e. The Bertz CT molecular complexity index is 1240. The van der Waals surface area contributed by atoms with Crippen molar-refractivity contribution in [2.45, 2.75) is 32.5 Å². The normalized spacial score (nSPS) is 11.4. The Morgan fingerprint density at radius 2 is 1.79 bits per heavy atom. The summed E-state index contributed by atoms with van der Waals surface area (Å²) in [7, 11) is 0. The lowest BCUT2D eigenvalue weighted by molar-refractivity contribution is -0.137. The predicted molar refractivity (Wildman–Crippen MR) is 116 cm³/mol. The quantitative estimate of drug-likeness (QED) is 0.551. The average molecular weight is 471 g/mol. The minimum atomic E-state index is -4.66. The van der Waals surface area contributed by atoms with Crippen LogP contribution in [0.4, 0.5) is 23.7 Å².